The summed E-state index contributed by atoms with van der Waals surface area (Å²) < 4.78 is 11.2. The molecule has 0 N–H and O–H groups in total. The van der Waals surface area contributed by atoms with Crippen molar-refractivity contribution in [2.45, 2.75) is 25.8 Å². The van der Waals surface area contributed by atoms with E-state index in [0.717, 1.165) is 38.5 Å². The Balaban J connectivity index is 1.72. The van der Waals surface area contributed by atoms with Gasteiger partial charge in [0, 0.05) is 18.6 Å². The predicted octanol–water partition coefficient (Wildman–Crippen LogP) is 2.44. The second kappa shape index (κ2) is 6.74. The fraction of sp³-hybridized carbons (Fsp3) is 0.562. The molecule has 1 fully saturated rings. The molecular formula is C16H22N2O2. The van der Waals surface area contributed by atoms with E-state index in [1.807, 2.05) is 12.1 Å². The van der Waals surface area contributed by atoms with Crippen molar-refractivity contribution in [3.63, 3.8) is 0 Å². The molecule has 1 aromatic rings. The molecule has 0 atom stereocenters. The van der Waals surface area contributed by atoms with E-state index < -0.39 is 0 Å². The van der Waals surface area contributed by atoms with Crippen molar-refractivity contribution >= 4 is 0 Å². The monoisotopic (exact) mass is 274 g/mol. The molecule has 0 amide bonds. The summed E-state index contributed by atoms with van der Waals surface area (Å²) in [7, 11) is 0. The van der Waals surface area contributed by atoms with Crippen LogP contribution in [0.5, 0.6) is 5.75 Å². The van der Waals surface area contributed by atoms with Crippen LogP contribution in [-0.2, 0) is 4.74 Å². The van der Waals surface area contributed by atoms with Gasteiger partial charge in [0.25, 0.3) is 0 Å². The molecule has 1 aromatic carbocycles. The lowest BCUT2D eigenvalue weighted by Gasteiger charge is -2.42. The van der Waals surface area contributed by atoms with Crippen LogP contribution in [0.4, 0.5) is 0 Å². The number of nitrogens with zero attached hydrogens (tertiary/aromatic N) is 2. The molecule has 0 aromatic heterocycles. The number of morpholine rings is 1. The molecule has 0 radical (unpaired) electrons. The second-order valence-electron chi connectivity index (χ2n) is 5.69. The fourth-order valence-electron chi connectivity index (χ4n) is 2.38. The minimum absolute atomic E-state index is 0.118. The number of nitriles is 1. The highest BCUT2D eigenvalue weighted by molar-refractivity contribution is 5.34. The van der Waals surface area contributed by atoms with Crippen LogP contribution in [0.25, 0.3) is 0 Å². The average molecular weight is 274 g/mol. The van der Waals surface area contributed by atoms with E-state index in [-0.39, 0.29) is 5.54 Å². The lowest BCUT2D eigenvalue weighted by molar-refractivity contribution is -0.0521. The fourth-order valence-corrected chi connectivity index (χ4v) is 2.38. The Labute approximate surface area is 120 Å². The van der Waals surface area contributed by atoms with Gasteiger partial charge in [-0.15, -0.1) is 0 Å². The Morgan fingerprint density at radius 1 is 1.35 bits per heavy atom. The third-order valence-corrected chi connectivity index (χ3v) is 3.64. The molecule has 0 saturated carbocycles. The molecule has 1 heterocycles. The van der Waals surface area contributed by atoms with E-state index in [0.29, 0.717) is 12.2 Å². The summed E-state index contributed by atoms with van der Waals surface area (Å²) in [4.78, 5) is 2.46. The van der Waals surface area contributed by atoms with E-state index in [2.05, 4.69) is 24.8 Å². The molecule has 108 valence electrons. The van der Waals surface area contributed by atoms with Crippen LogP contribution in [0, 0.1) is 11.3 Å². The van der Waals surface area contributed by atoms with Crippen molar-refractivity contribution in [1.82, 2.24) is 4.90 Å². The largest absolute Gasteiger partial charge is 0.494 e. The molecule has 4 heteroatoms. The minimum atomic E-state index is 0.118. The third-order valence-electron chi connectivity index (χ3n) is 3.64. The lowest BCUT2D eigenvalue weighted by Crippen LogP contribution is -2.53. The molecular weight excluding hydrogens is 252 g/mol. The van der Waals surface area contributed by atoms with Crippen LogP contribution < -0.4 is 4.74 Å². The van der Waals surface area contributed by atoms with Crippen LogP contribution in [0.3, 0.4) is 0 Å². The zero-order valence-electron chi connectivity index (χ0n) is 12.3. The standard InChI is InChI=1S/C16H22N2O2/c1-16(2)13-19-11-9-18(16)8-3-10-20-15-6-4-14(12-17)5-7-15/h4-7H,3,8-11,13H2,1-2H3. The molecule has 1 aliphatic heterocycles. The van der Waals surface area contributed by atoms with Gasteiger partial charge in [0.2, 0.25) is 0 Å². The maximum absolute atomic E-state index is 8.73. The number of ether oxygens (including phenoxy) is 2. The van der Waals surface area contributed by atoms with Gasteiger partial charge in [0.15, 0.2) is 0 Å². The highest BCUT2D eigenvalue weighted by Crippen LogP contribution is 2.19. The van der Waals surface area contributed by atoms with Crippen molar-refractivity contribution in [2.24, 2.45) is 0 Å². The molecule has 0 unspecified atom stereocenters. The number of hydrogen-bond acceptors (Lipinski definition) is 4. The Kier molecular flexibility index (Phi) is 4.99. The van der Waals surface area contributed by atoms with Crippen LogP contribution in [0.1, 0.15) is 25.8 Å². The molecule has 1 saturated heterocycles. The van der Waals surface area contributed by atoms with Crippen LogP contribution in [0.2, 0.25) is 0 Å². The van der Waals surface area contributed by atoms with Crippen molar-refractivity contribution in [3.8, 4) is 11.8 Å². The van der Waals surface area contributed by atoms with Crippen molar-refractivity contribution in [3.05, 3.63) is 29.8 Å². The first-order valence-corrected chi connectivity index (χ1v) is 7.07. The zero-order valence-corrected chi connectivity index (χ0v) is 12.3. The quantitative estimate of drug-likeness (QED) is 0.774. The number of hydrogen-bond donors (Lipinski definition) is 0. The van der Waals surface area contributed by atoms with Gasteiger partial charge in [-0.2, -0.15) is 5.26 Å². The molecule has 0 bridgehead atoms. The highest BCUT2D eigenvalue weighted by atomic mass is 16.5. The van der Waals surface area contributed by atoms with E-state index in [4.69, 9.17) is 14.7 Å². The van der Waals surface area contributed by atoms with E-state index in [1.54, 1.807) is 12.1 Å². The summed E-state index contributed by atoms with van der Waals surface area (Å²) in [6, 6.07) is 9.34. The minimum Gasteiger partial charge on any atom is -0.494 e. The maximum Gasteiger partial charge on any atom is 0.119 e. The average Bonchev–Trinajstić information content (AvgIpc) is 2.45. The van der Waals surface area contributed by atoms with Crippen molar-refractivity contribution in [1.29, 1.82) is 5.26 Å². The Hall–Kier alpha value is -1.57. The van der Waals surface area contributed by atoms with Crippen LogP contribution >= 0.6 is 0 Å². The third kappa shape index (κ3) is 3.96. The summed E-state index contributed by atoms with van der Waals surface area (Å²) in [6.07, 6.45) is 0.990. The smallest absolute Gasteiger partial charge is 0.119 e. The second-order valence-corrected chi connectivity index (χ2v) is 5.69. The molecule has 4 nitrogen and oxygen atoms in total. The van der Waals surface area contributed by atoms with Gasteiger partial charge < -0.3 is 9.47 Å². The Bertz CT molecular complexity index is 462. The lowest BCUT2D eigenvalue weighted by atomic mass is 10.0. The van der Waals surface area contributed by atoms with Gasteiger partial charge in [-0.05, 0) is 44.5 Å². The van der Waals surface area contributed by atoms with Gasteiger partial charge in [-0.1, -0.05) is 0 Å². The molecule has 0 spiro atoms. The molecule has 20 heavy (non-hydrogen) atoms. The van der Waals surface area contributed by atoms with Gasteiger partial charge >= 0.3 is 0 Å². The summed E-state index contributed by atoms with van der Waals surface area (Å²) in [5, 5.41) is 8.73. The Morgan fingerprint density at radius 2 is 2.10 bits per heavy atom. The first kappa shape index (κ1) is 14.8. The van der Waals surface area contributed by atoms with Gasteiger partial charge in [0.1, 0.15) is 5.75 Å². The highest BCUT2D eigenvalue weighted by Gasteiger charge is 2.29. The molecule has 1 aliphatic rings. The summed E-state index contributed by atoms with van der Waals surface area (Å²) in [6.45, 7) is 8.75. The summed E-state index contributed by atoms with van der Waals surface area (Å²) >= 11 is 0. The first-order chi connectivity index (χ1) is 9.62. The van der Waals surface area contributed by atoms with Gasteiger partial charge in [-0.25, -0.2) is 0 Å². The van der Waals surface area contributed by atoms with Crippen LogP contribution in [-0.4, -0.2) is 43.3 Å². The van der Waals surface area contributed by atoms with Gasteiger partial charge in [0.05, 0.1) is 31.5 Å². The maximum atomic E-state index is 8.73. The SMILES string of the molecule is CC1(C)COCCN1CCCOc1ccc(C#N)cc1. The topological polar surface area (TPSA) is 45.5 Å². The first-order valence-electron chi connectivity index (χ1n) is 7.07. The molecule has 0 aliphatic carbocycles. The van der Waals surface area contributed by atoms with E-state index in [9.17, 15) is 0 Å². The van der Waals surface area contributed by atoms with Crippen molar-refractivity contribution in [2.75, 3.05) is 32.9 Å². The number of benzene rings is 1. The molecule has 2 rings (SSSR count). The van der Waals surface area contributed by atoms with E-state index >= 15 is 0 Å². The zero-order chi connectivity index (χ0) is 14.4. The summed E-state index contributed by atoms with van der Waals surface area (Å²) in [5.41, 5.74) is 0.777. The Morgan fingerprint density at radius 3 is 2.75 bits per heavy atom. The predicted molar refractivity (Wildman–Crippen MR) is 77.7 cm³/mol. The number of rotatable bonds is 5. The summed E-state index contributed by atoms with van der Waals surface area (Å²) in [5.74, 6) is 0.824. The van der Waals surface area contributed by atoms with Crippen molar-refractivity contribution < 1.29 is 9.47 Å². The normalized spacial score (nSPS) is 18.4. The van der Waals surface area contributed by atoms with E-state index in [1.165, 1.54) is 0 Å². The van der Waals surface area contributed by atoms with Gasteiger partial charge in [-0.3, -0.25) is 4.90 Å². The van der Waals surface area contributed by atoms with Crippen LogP contribution in [0.15, 0.2) is 24.3 Å².